The molecule has 1 amide bonds. The number of rotatable bonds is 5. The number of carbonyl (C=O) groups is 1. The maximum atomic E-state index is 12.3. The number of hydrogen-bond acceptors (Lipinski definition) is 4. The van der Waals surface area contributed by atoms with Gasteiger partial charge in [0.1, 0.15) is 18.0 Å². The first-order chi connectivity index (χ1) is 16.2. The number of benzene rings is 2. The average molecular weight is 502 g/mol. The molecule has 3 aromatic rings. The zero-order chi connectivity index (χ0) is 24.3. The van der Waals surface area contributed by atoms with Gasteiger partial charge in [0.05, 0.1) is 12.2 Å². The topological polar surface area (TPSA) is 56.6 Å². The normalized spacial score (nSPS) is 14.8. The predicted octanol–water partition coefficient (Wildman–Crippen LogP) is 7.01. The number of amides is 1. The van der Waals surface area contributed by atoms with Crippen molar-refractivity contribution in [1.29, 1.82) is 0 Å². The molecule has 8 heteroatoms. The molecule has 1 aliphatic heterocycles. The molecule has 180 valence electrons. The SMILES string of the molecule is CC(C)(C)OC(=O)N1CCC(n2cc(-c3cccc(OCc4c(Cl)cccc4Cl)c3)cn2)CC1. The summed E-state index contributed by atoms with van der Waals surface area (Å²) >= 11 is 12.5. The maximum Gasteiger partial charge on any atom is 0.410 e. The number of piperidine rings is 1. The molecule has 0 saturated carbocycles. The van der Waals surface area contributed by atoms with Gasteiger partial charge in [0.15, 0.2) is 0 Å². The van der Waals surface area contributed by atoms with Crippen LogP contribution in [0.2, 0.25) is 10.0 Å². The Morgan fingerprint density at radius 1 is 1.06 bits per heavy atom. The number of nitrogens with zero attached hydrogens (tertiary/aromatic N) is 3. The highest BCUT2D eigenvalue weighted by atomic mass is 35.5. The van der Waals surface area contributed by atoms with Gasteiger partial charge in [0, 0.05) is 40.5 Å². The molecule has 0 atom stereocenters. The molecule has 0 bridgehead atoms. The molecule has 1 aromatic heterocycles. The smallest absolute Gasteiger partial charge is 0.410 e. The molecule has 0 spiro atoms. The molecule has 2 heterocycles. The molecule has 0 unspecified atom stereocenters. The summed E-state index contributed by atoms with van der Waals surface area (Å²) in [6, 6.07) is 13.5. The first kappa shape index (κ1) is 24.4. The predicted molar refractivity (Wildman–Crippen MR) is 135 cm³/mol. The van der Waals surface area contributed by atoms with Crippen LogP contribution in [0.1, 0.15) is 45.2 Å². The first-order valence-corrected chi connectivity index (χ1v) is 12.1. The minimum Gasteiger partial charge on any atom is -0.489 e. The van der Waals surface area contributed by atoms with Crippen molar-refractivity contribution in [2.24, 2.45) is 0 Å². The summed E-state index contributed by atoms with van der Waals surface area (Å²) in [6.45, 7) is 7.25. The van der Waals surface area contributed by atoms with E-state index in [4.69, 9.17) is 32.7 Å². The van der Waals surface area contributed by atoms with E-state index in [0.717, 1.165) is 35.3 Å². The van der Waals surface area contributed by atoms with E-state index in [2.05, 4.69) is 11.3 Å². The Kier molecular flexibility index (Phi) is 7.39. The van der Waals surface area contributed by atoms with E-state index in [1.165, 1.54) is 0 Å². The molecule has 4 rings (SSSR count). The van der Waals surface area contributed by atoms with Crippen LogP contribution in [0.15, 0.2) is 54.9 Å². The number of carbonyl (C=O) groups excluding carboxylic acids is 1. The van der Waals surface area contributed by atoms with Crippen LogP contribution in [0.5, 0.6) is 5.75 Å². The summed E-state index contributed by atoms with van der Waals surface area (Å²) < 4.78 is 13.5. The molecule has 2 aromatic carbocycles. The summed E-state index contributed by atoms with van der Waals surface area (Å²) in [7, 11) is 0. The Balaban J connectivity index is 1.38. The summed E-state index contributed by atoms with van der Waals surface area (Å²) in [4.78, 5) is 14.1. The van der Waals surface area contributed by atoms with Gasteiger partial charge in [-0.25, -0.2) is 4.79 Å². The molecule has 34 heavy (non-hydrogen) atoms. The highest BCUT2D eigenvalue weighted by Crippen LogP contribution is 2.30. The molecule has 1 saturated heterocycles. The Labute approximate surface area is 210 Å². The highest BCUT2D eigenvalue weighted by molar-refractivity contribution is 6.35. The third-order valence-electron chi connectivity index (χ3n) is 5.70. The van der Waals surface area contributed by atoms with Gasteiger partial charge in [-0.05, 0) is 63.4 Å². The third-order valence-corrected chi connectivity index (χ3v) is 6.41. The molecule has 0 N–H and O–H groups in total. The van der Waals surface area contributed by atoms with Gasteiger partial charge in [-0.1, -0.05) is 41.4 Å². The molecule has 6 nitrogen and oxygen atoms in total. The second-order valence-corrected chi connectivity index (χ2v) is 10.2. The number of ether oxygens (including phenoxy) is 2. The molecule has 0 aliphatic carbocycles. The molecule has 0 radical (unpaired) electrons. The monoisotopic (exact) mass is 501 g/mol. The van der Waals surface area contributed by atoms with Crippen molar-refractivity contribution in [1.82, 2.24) is 14.7 Å². The Morgan fingerprint density at radius 2 is 1.74 bits per heavy atom. The summed E-state index contributed by atoms with van der Waals surface area (Å²) in [5, 5.41) is 5.77. The second-order valence-electron chi connectivity index (χ2n) is 9.42. The Morgan fingerprint density at radius 3 is 2.41 bits per heavy atom. The molecular weight excluding hydrogens is 473 g/mol. The first-order valence-electron chi connectivity index (χ1n) is 11.4. The van der Waals surface area contributed by atoms with Crippen LogP contribution in [0, 0.1) is 0 Å². The van der Waals surface area contributed by atoms with Crippen molar-refractivity contribution in [3.63, 3.8) is 0 Å². The van der Waals surface area contributed by atoms with E-state index in [0.29, 0.717) is 23.1 Å². The maximum absolute atomic E-state index is 12.3. The summed E-state index contributed by atoms with van der Waals surface area (Å²) in [5.74, 6) is 0.729. The van der Waals surface area contributed by atoms with Crippen LogP contribution in [0.3, 0.4) is 0 Å². The van der Waals surface area contributed by atoms with Gasteiger partial charge in [0.25, 0.3) is 0 Å². The van der Waals surface area contributed by atoms with E-state index in [1.807, 2.05) is 62.0 Å². The molecular formula is C26H29Cl2N3O3. The van der Waals surface area contributed by atoms with E-state index >= 15 is 0 Å². The molecule has 1 fully saturated rings. The summed E-state index contributed by atoms with van der Waals surface area (Å²) in [6.07, 6.45) is 5.34. The van der Waals surface area contributed by atoms with Gasteiger partial charge < -0.3 is 14.4 Å². The number of halogens is 2. The van der Waals surface area contributed by atoms with E-state index in [-0.39, 0.29) is 18.7 Å². The van der Waals surface area contributed by atoms with Crippen LogP contribution < -0.4 is 4.74 Å². The number of aromatic nitrogens is 2. The fraction of sp³-hybridized carbons (Fsp3) is 0.385. The van der Waals surface area contributed by atoms with Gasteiger partial charge in [-0.15, -0.1) is 0 Å². The van der Waals surface area contributed by atoms with Gasteiger partial charge in [-0.2, -0.15) is 5.10 Å². The standard InChI is InChI=1S/C26H29Cl2N3O3/c1-26(2,3)34-25(32)30-12-10-20(11-13-30)31-16-19(15-29-31)18-6-4-7-21(14-18)33-17-22-23(27)8-5-9-24(22)28/h4-9,14-16,20H,10-13,17H2,1-3H3. The van der Waals surface area contributed by atoms with Crippen molar-refractivity contribution in [2.45, 2.75) is 51.9 Å². The third kappa shape index (κ3) is 6.05. The Bertz CT molecular complexity index is 1130. The fourth-order valence-electron chi connectivity index (χ4n) is 3.92. The van der Waals surface area contributed by atoms with Crippen molar-refractivity contribution in [2.75, 3.05) is 13.1 Å². The van der Waals surface area contributed by atoms with E-state index in [1.54, 1.807) is 17.0 Å². The van der Waals surface area contributed by atoms with Gasteiger partial charge >= 0.3 is 6.09 Å². The van der Waals surface area contributed by atoms with E-state index < -0.39 is 5.60 Å². The lowest BCUT2D eigenvalue weighted by molar-refractivity contribution is 0.0185. The lowest BCUT2D eigenvalue weighted by Crippen LogP contribution is -2.42. The fourth-order valence-corrected chi connectivity index (χ4v) is 4.42. The van der Waals surface area contributed by atoms with Gasteiger partial charge in [-0.3, -0.25) is 4.68 Å². The van der Waals surface area contributed by atoms with Crippen molar-refractivity contribution in [3.05, 3.63) is 70.5 Å². The zero-order valence-corrected chi connectivity index (χ0v) is 21.1. The van der Waals surface area contributed by atoms with E-state index in [9.17, 15) is 4.79 Å². The van der Waals surface area contributed by atoms with Crippen LogP contribution in [0.4, 0.5) is 4.79 Å². The zero-order valence-electron chi connectivity index (χ0n) is 19.6. The van der Waals surface area contributed by atoms with Crippen molar-refractivity contribution < 1.29 is 14.3 Å². The highest BCUT2D eigenvalue weighted by Gasteiger charge is 2.27. The van der Waals surface area contributed by atoms with Gasteiger partial charge in [0.2, 0.25) is 0 Å². The quantitative estimate of drug-likeness (QED) is 0.377. The lowest BCUT2D eigenvalue weighted by atomic mass is 10.1. The van der Waals surface area contributed by atoms with Crippen molar-refractivity contribution in [3.8, 4) is 16.9 Å². The summed E-state index contributed by atoms with van der Waals surface area (Å²) in [5.41, 5.74) is 2.31. The minimum absolute atomic E-state index is 0.245. The lowest BCUT2D eigenvalue weighted by Gasteiger charge is -2.33. The van der Waals surface area contributed by atoms with Crippen LogP contribution in [-0.2, 0) is 11.3 Å². The van der Waals surface area contributed by atoms with Crippen molar-refractivity contribution >= 4 is 29.3 Å². The van der Waals surface area contributed by atoms with Crippen LogP contribution in [0.25, 0.3) is 11.1 Å². The largest absolute Gasteiger partial charge is 0.489 e. The molecule has 1 aliphatic rings. The average Bonchev–Trinajstić information content (AvgIpc) is 3.28. The Hall–Kier alpha value is -2.70. The van der Waals surface area contributed by atoms with Crippen LogP contribution >= 0.6 is 23.2 Å². The van der Waals surface area contributed by atoms with Crippen LogP contribution in [-0.4, -0.2) is 39.5 Å². The minimum atomic E-state index is -0.483. The number of hydrogen-bond donors (Lipinski definition) is 0. The second kappa shape index (κ2) is 10.3. The number of likely N-dealkylation sites (tertiary alicyclic amines) is 1.